The fourth-order valence-corrected chi connectivity index (χ4v) is 1.87. The summed E-state index contributed by atoms with van der Waals surface area (Å²) in [5.41, 5.74) is 1.16. The van der Waals surface area contributed by atoms with Crippen LogP contribution in [0.4, 0.5) is 4.79 Å². The third-order valence-corrected chi connectivity index (χ3v) is 3.06. The Morgan fingerprint density at radius 2 is 2.11 bits per heavy atom. The first-order chi connectivity index (χ1) is 8.74. The molecule has 5 heteroatoms. The second kappa shape index (κ2) is 8.94. The lowest BCUT2D eigenvalue weighted by molar-refractivity contribution is 0.0789. The molecule has 1 amide bonds. The Hall–Kier alpha value is -1.07. The molecule has 0 atom stereocenters. The van der Waals surface area contributed by atoms with Gasteiger partial charge in [0.2, 0.25) is 0 Å². The van der Waals surface area contributed by atoms with Crippen LogP contribution in [0.3, 0.4) is 0 Å². The van der Waals surface area contributed by atoms with Crippen molar-refractivity contribution < 1.29 is 14.3 Å². The van der Waals surface area contributed by atoms with Crippen LogP contribution in [-0.4, -0.2) is 32.5 Å². The summed E-state index contributed by atoms with van der Waals surface area (Å²) in [7, 11) is 0. The van der Waals surface area contributed by atoms with Crippen molar-refractivity contribution >= 4 is 22.0 Å². The zero-order valence-electron chi connectivity index (χ0n) is 10.4. The number of carbonyl (C=O) groups is 1. The number of amides is 1. The van der Waals surface area contributed by atoms with E-state index >= 15 is 0 Å². The Kier molecular flexibility index (Phi) is 7.44. The monoisotopic (exact) mass is 315 g/mol. The van der Waals surface area contributed by atoms with E-state index in [2.05, 4.69) is 21.2 Å². The molecule has 4 nitrogen and oxygen atoms in total. The molecule has 0 bridgehead atoms. The molecule has 0 fully saturated rings. The molecule has 1 aromatic carbocycles. The number of hydrogen-bond donors (Lipinski definition) is 1. The van der Waals surface area contributed by atoms with Gasteiger partial charge in [-0.1, -0.05) is 34.1 Å². The molecule has 1 N–H and O–H groups in total. The molecule has 0 aliphatic heterocycles. The zero-order chi connectivity index (χ0) is 13.2. The summed E-state index contributed by atoms with van der Waals surface area (Å²) in [4.78, 5) is 11.3. The molecule has 0 aliphatic rings. The quantitative estimate of drug-likeness (QED) is 0.787. The second-order valence-electron chi connectivity index (χ2n) is 3.60. The molecule has 1 aromatic rings. The van der Waals surface area contributed by atoms with E-state index in [1.807, 2.05) is 31.2 Å². The Bertz CT molecular complexity index is 371. The fraction of sp³-hybridized carbons (Fsp3) is 0.462. The van der Waals surface area contributed by atoms with E-state index in [0.717, 1.165) is 16.5 Å². The van der Waals surface area contributed by atoms with Gasteiger partial charge in [0.05, 0.1) is 6.61 Å². The number of ether oxygens (including phenoxy) is 2. The molecule has 0 unspecified atom stereocenters. The normalized spacial score (nSPS) is 10.1. The molecule has 0 heterocycles. The van der Waals surface area contributed by atoms with E-state index in [1.54, 1.807) is 0 Å². The van der Waals surface area contributed by atoms with Gasteiger partial charge in [0.25, 0.3) is 0 Å². The van der Waals surface area contributed by atoms with Gasteiger partial charge in [0.15, 0.2) is 0 Å². The minimum atomic E-state index is -0.401. The highest BCUT2D eigenvalue weighted by Crippen LogP contribution is 2.15. The highest BCUT2D eigenvalue weighted by molar-refractivity contribution is 9.10. The third kappa shape index (κ3) is 6.02. The predicted molar refractivity (Wildman–Crippen MR) is 73.7 cm³/mol. The minimum absolute atomic E-state index is 0.286. The van der Waals surface area contributed by atoms with E-state index in [-0.39, 0.29) is 6.61 Å². The number of benzene rings is 1. The van der Waals surface area contributed by atoms with E-state index in [0.29, 0.717) is 19.8 Å². The maximum Gasteiger partial charge on any atom is 0.407 e. The first-order valence-electron chi connectivity index (χ1n) is 5.95. The first-order valence-corrected chi connectivity index (χ1v) is 6.75. The summed E-state index contributed by atoms with van der Waals surface area (Å²) in [6.45, 7) is 3.81. The van der Waals surface area contributed by atoms with Gasteiger partial charge in [-0.2, -0.15) is 0 Å². The lowest BCUT2D eigenvalue weighted by Crippen LogP contribution is -2.27. The maximum absolute atomic E-state index is 11.3. The van der Waals surface area contributed by atoms with Crippen molar-refractivity contribution in [1.29, 1.82) is 0 Å². The number of rotatable bonds is 7. The van der Waals surface area contributed by atoms with Crippen LogP contribution in [0.5, 0.6) is 0 Å². The van der Waals surface area contributed by atoms with Crippen LogP contribution in [0.25, 0.3) is 0 Å². The number of hydrogen-bond acceptors (Lipinski definition) is 3. The minimum Gasteiger partial charge on any atom is -0.447 e. The molecule has 0 aliphatic carbocycles. The molecular formula is C13H18BrNO3. The Morgan fingerprint density at radius 3 is 2.83 bits per heavy atom. The molecule has 18 heavy (non-hydrogen) atoms. The topological polar surface area (TPSA) is 47.6 Å². The van der Waals surface area contributed by atoms with E-state index in [4.69, 9.17) is 9.47 Å². The summed E-state index contributed by atoms with van der Waals surface area (Å²) in [5, 5.41) is 2.70. The molecule has 0 saturated carbocycles. The Balaban J connectivity index is 2.14. The van der Waals surface area contributed by atoms with Crippen molar-refractivity contribution in [3.63, 3.8) is 0 Å². The summed E-state index contributed by atoms with van der Waals surface area (Å²) in [5.74, 6) is 0. The molecule has 100 valence electrons. The highest BCUT2D eigenvalue weighted by atomic mass is 79.9. The lowest BCUT2D eigenvalue weighted by atomic mass is 10.1. The molecular weight excluding hydrogens is 298 g/mol. The number of carbonyl (C=O) groups excluding carboxylic acids is 1. The molecule has 0 radical (unpaired) electrons. The Labute approximate surface area is 116 Å². The average molecular weight is 316 g/mol. The lowest BCUT2D eigenvalue weighted by Gasteiger charge is -2.07. The van der Waals surface area contributed by atoms with Crippen LogP contribution >= 0.6 is 15.9 Å². The van der Waals surface area contributed by atoms with Crippen molar-refractivity contribution in [1.82, 2.24) is 5.32 Å². The highest BCUT2D eigenvalue weighted by Gasteiger charge is 2.02. The van der Waals surface area contributed by atoms with Gasteiger partial charge in [-0.25, -0.2) is 4.79 Å². The van der Waals surface area contributed by atoms with Crippen molar-refractivity contribution in [2.45, 2.75) is 13.3 Å². The van der Waals surface area contributed by atoms with Gasteiger partial charge < -0.3 is 14.8 Å². The van der Waals surface area contributed by atoms with Crippen molar-refractivity contribution in [2.24, 2.45) is 0 Å². The maximum atomic E-state index is 11.3. The van der Waals surface area contributed by atoms with Gasteiger partial charge in [-0.15, -0.1) is 0 Å². The summed E-state index contributed by atoms with van der Waals surface area (Å²) < 4.78 is 11.0. The number of halogens is 1. The smallest absolute Gasteiger partial charge is 0.407 e. The van der Waals surface area contributed by atoms with Crippen LogP contribution in [0.15, 0.2) is 28.7 Å². The van der Waals surface area contributed by atoms with Crippen molar-refractivity contribution in [3.05, 3.63) is 34.3 Å². The van der Waals surface area contributed by atoms with Gasteiger partial charge in [0, 0.05) is 17.6 Å². The summed E-state index contributed by atoms with van der Waals surface area (Å²) in [6.07, 6.45) is 0.365. The molecule has 0 saturated heterocycles. The van der Waals surface area contributed by atoms with Gasteiger partial charge in [-0.3, -0.25) is 0 Å². The first kappa shape index (κ1) is 15.0. The van der Waals surface area contributed by atoms with E-state index < -0.39 is 6.09 Å². The van der Waals surface area contributed by atoms with E-state index in [1.165, 1.54) is 0 Å². The van der Waals surface area contributed by atoms with Gasteiger partial charge >= 0.3 is 6.09 Å². The standard InChI is InChI=1S/C13H18BrNO3/c1-2-17-9-10-18-13(16)15-8-7-11-5-3-4-6-12(11)14/h3-6H,2,7-10H2,1H3,(H,15,16). The van der Waals surface area contributed by atoms with Crippen LogP contribution in [0.1, 0.15) is 12.5 Å². The SMILES string of the molecule is CCOCCOC(=O)NCCc1ccccc1Br. The second-order valence-corrected chi connectivity index (χ2v) is 4.46. The number of alkyl carbamates (subject to hydrolysis) is 1. The van der Waals surface area contributed by atoms with Crippen molar-refractivity contribution in [2.75, 3.05) is 26.4 Å². The Morgan fingerprint density at radius 1 is 1.33 bits per heavy atom. The zero-order valence-corrected chi connectivity index (χ0v) is 12.0. The van der Waals surface area contributed by atoms with E-state index in [9.17, 15) is 4.79 Å². The van der Waals surface area contributed by atoms with Crippen LogP contribution in [-0.2, 0) is 15.9 Å². The molecule has 0 spiro atoms. The largest absolute Gasteiger partial charge is 0.447 e. The van der Waals surface area contributed by atoms with Crippen LogP contribution in [0, 0.1) is 0 Å². The summed E-state index contributed by atoms with van der Waals surface area (Å²) >= 11 is 3.46. The number of nitrogens with one attached hydrogen (secondary N) is 1. The van der Waals surface area contributed by atoms with Crippen LogP contribution in [0.2, 0.25) is 0 Å². The summed E-state index contributed by atoms with van der Waals surface area (Å²) in [6, 6.07) is 7.94. The fourth-order valence-electron chi connectivity index (χ4n) is 1.39. The van der Waals surface area contributed by atoms with Crippen LogP contribution < -0.4 is 5.32 Å². The van der Waals surface area contributed by atoms with Gasteiger partial charge in [0.1, 0.15) is 6.61 Å². The average Bonchev–Trinajstić information content (AvgIpc) is 2.37. The third-order valence-electron chi connectivity index (χ3n) is 2.29. The van der Waals surface area contributed by atoms with Crippen molar-refractivity contribution in [3.8, 4) is 0 Å². The molecule has 1 rings (SSSR count). The molecule has 0 aromatic heterocycles. The van der Waals surface area contributed by atoms with Gasteiger partial charge in [-0.05, 0) is 25.0 Å². The predicted octanol–water partition coefficient (Wildman–Crippen LogP) is 2.75.